The molecule has 2 amide bonds. The zero-order chi connectivity index (χ0) is 17.7. The highest BCUT2D eigenvalue weighted by molar-refractivity contribution is 8.02. The Labute approximate surface area is 148 Å². The molecule has 0 unspecified atom stereocenters. The highest BCUT2D eigenvalue weighted by Crippen LogP contribution is 2.23. The fraction of sp³-hybridized carbons (Fsp3) is 0.467. The first kappa shape index (κ1) is 18.5. The van der Waals surface area contributed by atoms with E-state index in [2.05, 4.69) is 10.3 Å². The Kier molecular flexibility index (Phi) is 6.38. The number of hydrogen-bond acceptors (Lipinski definition) is 7. The van der Waals surface area contributed by atoms with Gasteiger partial charge in [-0.3, -0.25) is 9.59 Å². The molecule has 0 spiro atoms. The largest absolute Gasteiger partial charge is 0.461 e. The van der Waals surface area contributed by atoms with Crippen LogP contribution in [0, 0.1) is 12.8 Å². The maximum atomic E-state index is 12.0. The number of hydrogen-bond donors (Lipinski definition) is 1. The smallest absolute Gasteiger partial charge is 0.350 e. The lowest BCUT2D eigenvalue weighted by molar-refractivity contribution is -0.129. The van der Waals surface area contributed by atoms with Crippen LogP contribution >= 0.6 is 23.1 Å². The number of amides is 2. The van der Waals surface area contributed by atoms with Crippen LogP contribution in [0.5, 0.6) is 0 Å². The van der Waals surface area contributed by atoms with Crippen LogP contribution in [0.25, 0.3) is 0 Å². The number of carbonyl (C=O) groups excluding carboxylic acids is 3. The lowest BCUT2D eigenvalue weighted by atomic mass is 10.2. The molecular formula is C15H19N3O4S2. The van der Waals surface area contributed by atoms with Crippen molar-refractivity contribution in [2.45, 2.75) is 20.8 Å². The highest BCUT2D eigenvalue weighted by Gasteiger charge is 2.21. The van der Waals surface area contributed by atoms with Crippen LogP contribution in [-0.4, -0.2) is 46.6 Å². The molecule has 7 nitrogen and oxygen atoms in total. The summed E-state index contributed by atoms with van der Waals surface area (Å²) in [5, 5.41) is 4.70. The molecule has 1 aliphatic rings. The van der Waals surface area contributed by atoms with Crippen LogP contribution in [0.15, 0.2) is 11.6 Å². The summed E-state index contributed by atoms with van der Waals surface area (Å²) >= 11 is 2.45. The zero-order valence-corrected chi connectivity index (χ0v) is 15.3. The number of aryl methyl sites for hydroxylation is 1. The molecule has 0 atom stereocenters. The third-order valence-electron chi connectivity index (χ3n) is 2.95. The summed E-state index contributed by atoms with van der Waals surface area (Å²) in [5.74, 6) is -0.354. The predicted molar refractivity (Wildman–Crippen MR) is 93.9 cm³/mol. The maximum Gasteiger partial charge on any atom is 0.350 e. The Bertz CT molecular complexity index is 670. The minimum absolute atomic E-state index is 0.0817. The minimum Gasteiger partial charge on any atom is -0.461 e. The fourth-order valence-corrected chi connectivity index (χ4v) is 3.32. The maximum absolute atomic E-state index is 12.0. The van der Waals surface area contributed by atoms with Gasteiger partial charge in [-0.2, -0.15) is 0 Å². The van der Waals surface area contributed by atoms with E-state index in [1.807, 2.05) is 13.8 Å². The van der Waals surface area contributed by atoms with E-state index in [-0.39, 0.29) is 24.3 Å². The number of thiazole rings is 1. The van der Waals surface area contributed by atoms with Gasteiger partial charge in [-0.05, 0) is 18.2 Å². The number of aromatic nitrogens is 1. The first-order valence-electron chi connectivity index (χ1n) is 7.39. The van der Waals surface area contributed by atoms with E-state index in [4.69, 9.17) is 4.74 Å². The van der Waals surface area contributed by atoms with Crippen molar-refractivity contribution in [2.75, 3.05) is 24.2 Å². The Balaban J connectivity index is 1.95. The van der Waals surface area contributed by atoms with Crippen molar-refractivity contribution in [2.24, 2.45) is 5.92 Å². The second-order valence-electron chi connectivity index (χ2n) is 5.59. The molecule has 0 saturated carbocycles. The molecule has 2 heterocycles. The molecule has 0 saturated heterocycles. The van der Waals surface area contributed by atoms with E-state index in [9.17, 15) is 14.4 Å². The molecule has 24 heavy (non-hydrogen) atoms. The summed E-state index contributed by atoms with van der Waals surface area (Å²) in [6.45, 7) is 5.84. The van der Waals surface area contributed by atoms with E-state index in [0.717, 1.165) is 11.3 Å². The third kappa shape index (κ3) is 5.07. The summed E-state index contributed by atoms with van der Waals surface area (Å²) in [5.41, 5.74) is 0.509. The standard InChI is InChI=1S/C15H19N3O4S2/c1-9(2)7-22-14(21)13-10(3)16-15(24-13)17-11(19)6-18-4-5-23-8-12(18)20/h4-5,9H,6-8H2,1-3H3,(H,16,17,19). The zero-order valence-electron chi connectivity index (χ0n) is 13.7. The van der Waals surface area contributed by atoms with Crippen molar-refractivity contribution in [3.05, 3.63) is 22.2 Å². The molecule has 1 aromatic rings. The highest BCUT2D eigenvalue weighted by atomic mass is 32.2. The van der Waals surface area contributed by atoms with Crippen LogP contribution in [-0.2, 0) is 14.3 Å². The molecule has 1 aliphatic heterocycles. The van der Waals surface area contributed by atoms with E-state index < -0.39 is 5.97 Å². The average molecular weight is 369 g/mol. The third-order valence-corrected chi connectivity index (χ3v) is 4.73. The molecule has 0 radical (unpaired) electrons. The van der Waals surface area contributed by atoms with E-state index in [0.29, 0.717) is 28.1 Å². The Morgan fingerprint density at radius 1 is 1.46 bits per heavy atom. The van der Waals surface area contributed by atoms with Crippen molar-refractivity contribution in [3.63, 3.8) is 0 Å². The number of rotatable bonds is 6. The molecule has 0 aromatic carbocycles. The summed E-state index contributed by atoms with van der Waals surface area (Å²) < 4.78 is 5.18. The van der Waals surface area contributed by atoms with E-state index in [1.54, 1.807) is 18.5 Å². The van der Waals surface area contributed by atoms with Gasteiger partial charge in [0.25, 0.3) is 0 Å². The first-order chi connectivity index (χ1) is 11.4. The van der Waals surface area contributed by atoms with Crippen LogP contribution in [0.1, 0.15) is 29.2 Å². The summed E-state index contributed by atoms with van der Waals surface area (Å²) in [4.78, 5) is 41.6. The molecule has 1 aromatic heterocycles. The predicted octanol–water partition coefficient (Wildman–Crippen LogP) is 2.25. The summed E-state index contributed by atoms with van der Waals surface area (Å²) in [6.07, 6.45) is 1.58. The number of ether oxygens (including phenoxy) is 1. The molecule has 1 N–H and O–H groups in total. The molecule has 130 valence electrons. The topological polar surface area (TPSA) is 88.6 Å². The van der Waals surface area contributed by atoms with E-state index in [1.165, 1.54) is 16.7 Å². The Morgan fingerprint density at radius 2 is 2.21 bits per heavy atom. The first-order valence-corrected chi connectivity index (χ1v) is 9.25. The van der Waals surface area contributed by atoms with Crippen molar-refractivity contribution < 1.29 is 19.1 Å². The van der Waals surface area contributed by atoms with Gasteiger partial charge in [0, 0.05) is 6.20 Å². The van der Waals surface area contributed by atoms with Gasteiger partial charge in [-0.25, -0.2) is 9.78 Å². The van der Waals surface area contributed by atoms with Crippen molar-refractivity contribution >= 4 is 46.0 Å². The number of carbonyl (C=O) groups is 3. The van der Waals surface area contributed by atoms with Crippen LogP contribution in [0.3, 0.4) is 0 Å². The van der Waals surface area contributed by atoms with Gasteiger partial charge >= 0.3 is 5.97 Å². The van der Waals surface area contributed by atoms with Gasteiger partial charge in [0.15, 0.2) is 5.13 Å². The van der Waals surface area contributed by atoms with Gasteiger partial charge in [0.05, 0.1) is 18.1 Å². The molecular weight excluding hydrogens is 350 g/mol. The van der Waals surface area contributed by atoms with Crippen LogP contribution in [0.2, 0.25) is 0 Å². The fourth-order valence-electron chi connectivity index (χ4n) is 1.80. The van der Waals surface area contributed by atoms with Gasteiger partial charge in [0.2, 0.25) is 11.8 Å². The van der Waals surface area contributed by atoms with Crippen molar-refractivity contribution in [1.82, 2.24) is 9.88 Å². The van der Waals surface area contributed by atoms with Gasteiger partial charge in [0.1, 0.15) is 11.4 Å². The monoisotopic (exact) mass is 369 g/mol. The molecule has 0 bridgehead atoms. The summed E-state index contributed by atoms with van der Waals surface area (Å²) in [7, 11) is 0. The van der Waals surface area contributed by atoms with Gasteiger partial charge in [-0.1, -0.05) is 25.2 Å². The second-order valence-corrected chi connectivity index (χ2v) is 7.49. The average Bonchev–Trinajstić information content (AvgIpc) is 2.87. The number of thioether (sulfide) groups is 1. The second kappa shape index (κ2) is 8.29. The number of nitrogens with zero attached hydrogens (tertiary/aromatic N) is 2. The van der Waals surface area contributed by atoms with Crippen molar-refractivity contribution in [3.8, 4) is 0 Å². The minimum atomic E-state index is -0.439. The SMILES string of the molecule is Cc1nc(NC(=O)CN2C=CSCC2=O)sc1C(=O)OCC(C)C. The van der Waals surface area contributed by atoms with Crippen LogP contribution < -0.4 is 5.32 Å². The van der Waals surface area contributed by atoms with Crippen LogP contribution in [0.4, 0.5) is 5.13 Å². The van der Waals surface area contributed by atoms with E-state index >= 15 is 0 Å². The lowest BCUT2D eigenvalue weighted by Crippen LogP contribution is -2.36. The molecule has 0 aliphatic carbocycles. The Hall–Kier alpha value is -1.87. The molecule has 9 heteroatoms. The van der Waals surface area contributed by atoms with Crippen molar-refractivity contribution in [1.29, 1.82) is 0 Å². The number of esters is 1. The van der Waals surface area contributed by atoms with Gasteiger partial charge < -0.3 is 15.0 Å². The normalized spacial score (nSPS) is 14.2. The quantitative estimate of drug-likeness (QED) is 0.774. The number of anilines is 1. The Morgan fingerprint density at radius 3 is 2.88 bits per heavy atom. The lowest BCUT2D eigenvalue weighted by Gasteiger charge is -2.19. The molecule has 2 rings (SSSR count). The van der Waals surface area contributed by atoms with Gasteiger partial charge in [-0.15, -0.1) is 11.8 Å². The number of nitrogens with one attached hydrogen (secondary N) is 1. The molecule has 0 fully saturated rings. The summed E-state index contributed by atoms with van der Waals surface area (Å²) in [6, 6.07) is 0.